The molecule has 0 aliphatic heterocycles. The maximum atomic E-state index is 12.7. The van der Waals surface area contributed by atoms with Crippen molar-refractivity contribution in [1.82, 2.24) is 5.32 Å². The van der Waals surface area contributed by atoms with Crippen LogP contribution in [0.2, 0.25) is 0 Å². The van der Waals surface area contributed by atoms with Gasteiger partial charge in [-0.25, -0.2) is 0 Å². The number of nitrogen functional groups attached to an aromatic ring is 1. The van der Waals surface area contributed by atoms with Crippen molar-refractivity contribution in [3.8, 4) is 5.75 Å². The Labute approximate surface area is 108 Å². The zero-order valence-corrected chi connectivity index (χ0v) is 10.4. The van der Waals surface area contributed by atoms with E-state index in [1.807, 2.05) is 0 Å². The lowest BCUT2D eigenvalue weighted by atomic mass is 10.1. The van der Waals surface area contributed by atoms with E-state index in [4.69, 9.17) is 10.5 Å². The molecule has 1 rings (SSSR count). The summed E-state index contributed by atoms with van der Waals surface area (Å²) < 4.78 is 43.2. The van der Waals surface area contributed by atoms with Gasteiger partial charge in [-0.05, 0) is 24.6 Å². The van der Waals surface area contributed by atoms with Gasteiger partial charge in [-0.15, -0.1) is 0 Å². The number of rotatable bonds is 5. The van der Waals surface area contributed by atoms with Gasteiger partial charge < -0.3 is 15.8 Å². The van der Waals surface area contributed by atoms with Crippen LogP contribution in [0.25, 0.3) is 0 Å². The zero-order valence-electron chi connectivity index (χ0n) is 10.4. The Hall–Kier alpha value is -1.92. The fraction of sp³-hybridized carbons (Fsp3) is 0.417. The average molecular weight is 276 g/mol. The summed E-state index contributed by atoms with van der Waals surface area (Å²) in [5, 5.41) is 2.42. The van der Waals surface area contributed by atoms with Crippen LogP contribution in [0.15, 0.2) is 18.2 Å². The zero-order chi connectivity index (χ0) is 14.5. The first kappa shape index (κ1) is 15.1. The molecule has 0 aliphatic carbocycles. The van der Waals surface area contributed by atoms with Gasteiger partial charge in [0.2, 0.25) is 5.91 Å². The van der Waals surface area contributed by atoms with Crippen molar-refractivity contribution in [3.63, 3.8) is 0 Å². The molecule has 0 heterocycles. The Bertz CT molecular complexity index is 447. The van der Waals surface area contributed by atoms with Crippen molar-refractivity contribution >= 4 is 11.6 Å². The normalized spacial score (nSPS) is 11.2. The molecule has 0 aromatic heterocycles. The smallest absolute Gasteiger partial charge is 0.420 e. The van der Waals surface area contributed by atoms with E-state index < -0.39 is 11.7 Å². The molecule has 0 unspecified atom stereocenters. The number of anilines is 1. The molecular weight excluding hydrogens is 261 g/mol. The van der Waals surface area contributed by atoms with Crippen LogP contribution in [-0.2, 0) is 11.0 Å². The van der Waals surface area contributed by atoms with Crippen molar-refractivity contribution in [3.05, 3.63) is 23.8 Å². The van der Waals surface area contributed by atoms with Gasteiger partial charge in [-0.1, -0.05) is 0 Å². The molecule has 106 valence electrons. The topological polar surface area (TPSA) is 64.3 Å². The fourth-order valence-electron chi connectivity index (χ4n) is 1.43. The lowest BCUT2D eigenvalue weighted by Gasteiger charge is -2.14. The second kappa shape index (κ2) is 6.31. The van der Waals surface area contributed by atoms with Crippen LogP contribution < -0.4 is 15.8 Å². The molecule has 3 N–H and O–H groups in total. The number of hydrogen-bond acceptors (Lipinski definition) is 3. The van der Waals surface area contributed by atoms with Crippen LogP contribution in [0.5, 0.6) is 5.75 Å². The predicted octanol–water partition coefficient (Wildman–Crippen LogP) is 2.19. The van der Waals surface area contributed by atoms with Gasteiger partial charge >= 0.3 is 6.18 Å². The standard InChI is InChI=1S/C12H15F3N2O2/c1-17-11(18)3-2-6-19-10-5-4-8(16)7-9(10)12(13,14)15/h4-5,7H,2-3,6,16H2,1H3,(H,17,18). The average Bonchev–Trinajstić information content (AvgIpc) is 2.34. The number of ether oxygens (including phenoxy) is 1. The maximum absolute atomic E-state index is 12.7. The number of nitrogens with two attached hydrogens (primary N) is 1. The summed E-state index contributed by atoms with van der Waals surface area (Å²) >= 11 is 0. The highest BCUT2D eigenvalue weighted by atomic mass is 19.4. The highest BCUT2D eigenvalue weighted by Crippen LogP contribution is 2.37. The van der Waals surface area contributed by atoms with Gasteiger partial charge in [0, 0.05) is 19.2 Å². The summed E-state index contributed by atoms with van der Waals surface area (Å²) in [5.74, 6) is -0.462. The van der Waals surface area contributed by atoms with Crippen LogP contribution in [-0.4, -0.2) is 19.6 Å². The molecule has 0 atom stereocenters. The Morgan fingerprint density at radius 1 is 1.42 bits per heavy atom. The minimum atomic E-state index is -4.52. The second-order valence-corrected chi connectivity index (χ2v) is 3.88. The van der Waals surface area contributed by atoms with Gasteiger partial charge in [-0.2, -0.15) is 13.2 Å². The maximum Gasteiger partial charge on any atom is 0.420 e. The molecule has 0 saturated carbocycles. The lowest BCUT2D eigenvalue weighted by Crippen LogP contribution is -2.18. The third-order valence-corrected chi connectivity index (χ3v) is 2.39. The van der Waals surface area contributed by atoms with Gasteiger partial charge in [-0.3, -0.25) is 4.79 Å². The third-order valence-electron chi connectivity index (χ3n) is 2.39. The SMILES string of the molecule is CNC(=O)CCCOc1ccc(N)cc1C(F)(F)F. The monoisotopic (exact) mass is 276 g/mol. The summed E-state index contributed by atoms with van der Waals surface area (Å²) in [5.41, 5.74) is 4.44. The minimum absolute atomic E-state index is 0.0186. The Morgan fingerprint density at radius 2 is 2.11 bits per heavy atom. The first-order valence-corrected chi connectivity index (χ1v) is 5.64. The van der Waals surface area contributed by atoms with Crippen LogP contribution in [0.4, 0.5) is 18.9 Å². The van der Waals surface area contributed by atoms with Crippen molar-refractivity contribution in [1.29, 1.82) is 0 Å². The molecule has 1 aromatic rings. The Balaban J connectivity index is 2.66. The number of hydrogen-bond donors (Lipinski definition) is 2. The van der Waals surface area contributed by atoms with Crippen molar-refractivity contribution in [2.24, 2.45) is 0 Å². The lowest BCUT2D eigenvalue weighted by molar-refractivity contribution is -0.139. The third kappa shape index (κ3) is 4.69. The number of amides is 1. The molecule has 1 aromatic carbocycles. The van der Waals surface area contributed by atoms with Crippen molar-refractivity contribution in [2.75, 3.05) is 19.4 Å². The number of carbonyl (C=O) groups excluding carboxylic acids is 1. The highest BCUT2D eigenvalue weighted by molar-refractivity contribution is 5.75. The quantitative estimate of drug-likeness (QED) is 0.640. The van der Waals surface area contributed by atoms with E-state index in [0.717, 1.165) is 6.07 Å². The molecule has 1 amide bonds. The minimum Gasteiger partial charge on any atom is -0.493 e. The first-order chi connectivity index (χ1) is 8.84. The summed E-state index contributed by atoms with van der Waals surface area (Å²) in [6.45, 7) is 0.0282. The first-order valence-electron chi connectivity index (χ1n) is 5.64. The summed E-state index contributed by atoms with van der Waals surface area (Å²) in [6.07, 6.45) is -3.99. The second-order valence-electron chi connectivity index (χ2n) is 3.88. The fourth-order valence-corrected chi connectivity index (χ4v) is 1.43. The summed E-state index contributed by atoms with van der Waals surface area (Å²) in [6, 6.07) is 3.34. The molecule has 0 radical (unpaired) electrons. The van der Waals surface area contributed by atoms with Crippen molar-refractivity contribution < 1.29 is 22.7 Å². The molecule has 0 fully saturated rings. The van der Waals surface area contributed by atoms with E-state index in [2.05, 4.69) is 5.32 Å². The number of carbonyl (C=O) groups is 1. The van der Waals surface area contributed by atoms with Crippen LogP contribution in [0.1, 0.15) is 18.4 Å². The molecule has 0 saturated heterocycles. The van der Waals surface area contributed by atoms with Crippen LogP contribution in [0.3, 0.4) is 0 Å². The molecule has 0 spiro atoms. The molecule has 4 nitrogen and oxygen atoms in total. The van der Waals surface area contributed by atoms with E-state index in [1.165, 1.54) is 19.2 Å². The van der Waals surface area contributed by atoms with Crippen LogP contribution >= 0.6 is 0 Å². The Morgan fingerprint density at radius 3 is 2.68 bits per heavy atom. The molecule has 19 heavy (non-hydrogen) atoms. The molecule has 7 heteroatoms. The Kier molecular flexibility index (Phi) is 5.02. The van der Waals surface area contributed by atoms with Gasteiger partial charge in [0.15, 0.2) is 0 Å². The molecule has 0 aliphatic rings. The van der Waals surface area contributed by atoms with Gasteiger partial charge in [0.05, 0.1) is 12.2 Å². The molecule has 0 bridgehead atoms. The molecular formula is C12H15F3N2O2. The van der Waals surface area contributed by atoms with Gasteiger partial charge in [0.1, 0.15) is 5.75 Å². The largest absolute Gasteiger partial charge is 0.493 e. The summed E-state index contributed by atoms with van der Waals surface area (Å²) in [4.78, 5) is 10.9. The number of alkyl halides is 3. The van der Waals surface area contributed by atoms with Crippen molar-refractivity contribution in [2.45, 2.75) is 19.0 Å². The summed E-state index contributed by atoms with van der Waals surface area (Å²) in [7, 11) is 1.49. The number of nitrogens with one attached hydrogen (secondary N) is 1. The van der Waals surface area contributed by atoms with E-state index in [1.54, 1.807) is 0 Å². The van der Waals surface area contributed by atoms with E-state index in [0.29, 0.717) is 6.42 Å². The van der Waals surface area contributed by atoms with E-state index in [9.17, 15) is 18.0 Å². The van der Waals surface area contributed by atoms with Crippen LogP contribution in [0, 0.1) is 0 Å². The van der Waals surface area contributed by atoms with E-state index in [-0.39, 0.29) is 30.4 Å². The number of halogens is 3. The van der Waals surface area contributed by atoms with E-state index >= 15 is 0 Å². The number of benzene rings is 1. The highest BCUT2D eigenvalue weighted by Gasteiger charge is 2.34. The predicted molar refractivity (Wildman–Crippen MR) is 64.7 cm³/mol. The van der Waals surface area contributed by atoms with Gasteiger partial charge in [0.25, 0.3) is 0 Å².